The molecule has 2 aliphatic rings. The van der Waals surface area contributed by atoms with Crippen LogP contribution in [0.4, 0.5) is 0 Å². The molecule has 1 amide bonds. The third-order valence-electron chi connectivity index (χ3n) is 8.29. The highest BCUT2D eigenvalue weighted by Crippen LogP contribution is 2.55. The van der Waals surface area contributed by atoms with Gasteiger partial charge in [0.15, 0.2) is 5.58 Å². The zero-order valence-corrected chi connectivity index (χ0v) is 24.2. The van der Waals surface area contributed by atoms with E-state index >= 15 is 0 Å². The minimum atomic E-state index is -0.929. The van der Waals surface area contributed by atoms with Crippen LogP contribution in [-0.4, -0.2) is 40.0 Å². The number of amides is 1. The number of carboxylic acid groups (broad SMARTS) is 1. The van der Waals surface area contributed by atoms with Crippen molar-refractivity contribution in [2.45, 2.75) is 27.2 Å². The number of nitrogens with zero attached hydrogens (tertiary/aromatic N) is 2. The van der Waals surface area contributed by atoms with E-state index in [4.69, 9.17) is 4.42 Å². The lowest BCUT2D eigenvalue weighted by molar-refractivity contribution is 0.0679. The Morgan fingerprint density at radius 2 is 1.73 bits per heavy atom. The summed E-state index contributed by atoms with van der Waals surface area (Å²) in [5.74, 6) is -0.558. The van der Waals surface area contributed by atoms with E-state index in [0.717, 1.165) is 22.0 Å². The fourth-order valence-corrected chi connectivity index (χ4v) is 6.85. The van der Waals surface area contributed by atoms with Crippen molar-refractivity contribution in [2.24, 2.45) is 10.8 Å². The highest BCUT2D eigenvalue weighted by atomic mass is 79.9. The number of halogens is 1. The molecule has 1 aliphatic heterocycles. The van der Waals surface area contributed by atoms with E-state index in [0.29, 0.717) is 35.7 Å². The van der Waals surface area contributed by atoms with E-state index < -0.39 is 5.97 Å². The van der Waals surface area contributed by atoms with Gasteiger partial charge in [0.2, 0.25) is 5.89 Å². The summed E-state index contributed by atoms with van der Waals surface area (Å²) in [7, 11) is 0. The minimum Gasteiger partial charge on any atom is -0.478 e. The molecule has 3 aromatic carbocycles. The second-order valence-electron chi connectivity index (χ2n) is 11.3. The number of aromatic carboxylic acids is 1. The Kier molecular flexibility index (Phi) is 6.30. The molecule has 0 saturated heterocycles. The number of aromatic nitrogens is 1. The lowest BCUT2D eigenvalue weighted by Crippen LogP contribution is -2.48. The smallest absolute Gasteiger partial charge is 0.335 e. The summed E-state index contributed by atoms with van der Waals surface area (Å²) in [6.07, 6.45) is 5.24. The fraction of sp³-hybridized carbons (Fsp3) is 0.242. The second kappa shape index (κ2) is 9.59. The number of rotatable bonds is 4. The predicted octanol–water partition coefficient (Wildman–Crippen LogP) is 7.86. The number of benzene rings is 3. The summed E-state index contributed by atoms with van der Waals surface area (Å²) in [5.41, 5.74) is 5.92. The molecule has 0 saturated carbocycles. The van der Waals surface area contributed by atoms with Crippen LogP contribution >= 0.6 is 15.9 Å². The summed E-state index contributed by atoms with van der Waals surface area (Å²) in [5, 5.41) is 9.29. The van der Waals surface area contributed by atoms with Crippen molar-refractivity contribution in [1.82, 2.24) is 9.88 Å². The third-order valence-corrected chi connectivity index (χ3v) is 8.92. The number of carboxylic acids is 1. The average Bonchev–Trinajstić information content (AvgIpc) is 3.38. The van der Waals surface area contributed by atoms with Gasteiger partial charge in [-0.15, -0.1) is 0 Å². The quantitative estimate of drug-likeness (QED) is 0.242. The van der Waals surface area contributed by atoms with E-state index in [-0.39, 0.29) is 22.3 Å². The zero-order chi connectivity index (χ0) is 28.2. The zero-order valence-electron chi connectivity index (χ0n) is 22.6. The van der Waals surface area contributed by atoms with Crippen molar-refractivity contribution in [3.63, 3.8) is 0 Å². The molecule has 0 unspecified atom stereocenters. The monoisotopic (exact) mass is 596 g/mol. The number of allylic oxidation sites excluding steroid dienone is 2. The maximum absolute atomic E-state index is 14.0. The van der Waals surface area contributed by atoms with E-state index in [1.807, 2.05) is 59.5 Å². The number of hydrogen-bond donors (Lipinski definition) is 1. The first-order chi connectivity index (χ1) is 19.1. The third kappa shape index (κ3) is 4.29. The Morgan fingerprint density at radius 3 is 2.45 bits per heavy atom. The van der Waals surface area contributed by atoms with Crippen molar-refractivity contribution in [3.05, 3.63) is 106 Å². The molecule has 1 aromatic heterocycles. The molecule has 1 atom stereocenters. The molecule has 4 aromatic rings. The summed E-state index contributed by atoms with van der Waals surface area (Å²) in [6.45, 7) is 7.75. The second-order valence-corrected chi connectivity index (χ2v) is 12.2. The van der Waals surface area contributed by atoms with Crippen molar-refractivity contribution in [3.8, 4) is 11.5 Å². The van der Waals surface area contributed by atoms with Crippen LogP contribution < -0.4 is 0 Å². The number of para-hydroxylation sites is 1. The van der Waals surface area contributed by atoms with Crippen LogP contribution in [0.15, 0.2) is 93.3 Å². The van der Waals surface area contributed by atoms with Crippen LogP contribution in [0.2, 0.25) is 0 Å². The van der Waals surface area contributed by atoms with Gasteiger partial charge in [0.1, 0.15) is 5.52 Å². The first-order valence-corrected chi connectivity index (χ1v) is 14.1. The van der Waals surface area contributed by atoms with Gasteiger partial charge in [-0.3, -0.25) is 4.79 Å². The number of hydrogen-bond acceptors (Lipinski definition) is 4. The molecule has 7 heteroatoms. The average molecular weight is 598 g/mol. The number of oxazole rings is 1. The number of carbonyl (C=O) groups is 2. The first-order valence-electron chi connectivity index (χ1n) is 13.3. The molecule has 0 fully saturated rings. The van der Waals surface area contributed by atoms with Crippen molar-refractivity contribution >= 4 is 44.5 Å². The summed E-state index contributed by atoms with van der Waals surface area (Å²) < 4.78 is 6.91. The van der Waals surface area contributed by atoms with Crippen molar-refractivity contribution < 1.29 is 19.1 Å². The largest absolute Gasteiger partial charge is 0.478 e. The molecule has 6 nitrogen and oxygen atoms in total. The molecule has 2 heterocycles. The fourth-order valence-electron chi connectivity index (χ4n) is 6.41. The van der Waals surface area contributed by atoms with Gasteiger partial charge in [0.25, 0.3) is 5.91 Å². The van der Waals surface area contributed by atoms with Crippen LogP contribution in [0.1, 0.15) is 53.5 Å². The first kappa shape index (κ1) is 26.3. The lowest BCUT2D eigenvalue weighted by atomic mass is 9.58. The maximum atomic E-state index is 14.0. The SMILES string of the molecule is CC1(C)C(c2ccc(C(=O)O)cc2)=CC[C@]2(C)CN(C(=O)c3ccccc3-c3nc4cccc(Br)c4o3)CC=C12. The van der Waals surface area contributed by atoms with Crippen LogP contribution in [0.5, 0.6) is 0 Å². The highest BCUT2D eigenvalue weighted by Gasteiger charge is 2.46. The van der Waals surface area contributed by atoms with E-state index in [2.05, 4.69) is 53.8 Å². The van der Waals surface area contributed by atoms with Gasteiger partial charge in [-0.25, -0.2) is 9.78 Å². The van der Waals surface area contributed by atoms with Gasteiger partial charge >= 0.3 is 5.97 Å². The molecule has 1 N–H and O–H groups in total. The summed E-state index contributed by atoms with van der Waals surface area (Å²) in [4.78, 5) is 31.9. The lowest BCUT2D eigenvalue weighted by Gasteiger charge is -2.50. The van der Waals surface area contributed by atoms with Gasteiger partial charge in [-0.1, -0.05) is 68.8 Å². The molecule has 1 aliphatic carbocycles. The molecule has 0 bridgehead atoms. The van der Waals surface area contributed by atoms with Gasteiger partial charge in [-0.2, -0.15) is 0 Å². The number of carbonyl (C=O) groups excluding carboxylic acids is 1. The molecular formula is C33H29BrN2O4. The van der Waals surface area contributed by atoms with Crippen LogP contribution in [0.3, 0.4) is 0 Å². The predicted molar refractivity (Wildman–Crippen MR) is 159 cm³/mol. The molecular weight excluding hydrogens is 568 g/mol. The van der Waals surface area contributed by atoms with Crippen LogP contribution in [-0.2, 0) is 0 Å². The molecule has 40 heavy (non-hydrogen) atoms. The maximum Gasteiger partial charge on any atom is 0.335 e. The van der Waals surface area contributed by atoms with Crippen molar-refractivity contribution in [2.75, 3.05) is 13.1 Å². The summed E-state index contributed by atoms with van der Waals surface area (Å²) >= 11 is 3.52. The van der Waals surface area contributed by atoms with Crippen LogP contribution in [0, 0.1) is 10.8 Å². The Hall–Kier alpha value is -3.97. The normalized spacial score (nSPS) is 20.1. The van der Waals surface area contributed by atoms with Gasteiger partial charge in [-0.05, 0) is 69.9 Å². The van der Waals surface area contributed by atoms with Crippen molar-refractivity contribution in [1.29, 1.82) is 0 Å². The molecule has 0 spiro atoms. The van der Waals surface area contributed by atoms with Crippen LogP contribution in [0.25, 0.3) is 28.1 Å². The standard InChI is InChI=1S/C33H29BrN2O4/c1-32(2)24(20-11-13-21(14-12-20)31(38)39)15-17-33(3)19-36(18-16-27(32)33)30(37)23-8-5-4-7-22(23)29-35-26-10-6-9-25(34)28(26)40-29/h4-16H,17-19H2,1-3H3,(H,38,39)/t33-/m1/s1. The Labute approximate surface area is 241 Å². The Bertz CT molecular complexity index is 1730. The van der Waals surface area contributed by atoms with Gasteiger partial charge in [0.05, 0.1) is 15.6 Å². The topological polar surface area (TPSA) is 83.6 Å². The number of fused-ring (bicyclic) bond motifs is 2. The van der Waals surface area contributed by atoms with E-state index in [9.17, 15) is 14.7 Å². The summed E-state index contributed by atoms with van der Waals surface area (Å²) in [6, 6.07) is 20.3. The Balaban J connectivity index is 1.30. The highest BCUT2D eigenvalue weighted by molar-refractivity contribution is 9.10. The molecule has 6 rings (SSSR count). The Morgan fingerprint density at radius 1 is 0.975 bits per heavy atom. The van der Waals surface area contributed by atoms with E-state index in [1.165, 1.54) is 11.1 Å². The van der Waals surface area contributed by atoms with Gasteiger partial charge < -0.3 is 14.4 Å². The minimum absolute atomic E-state index is 0.0507. The van der Waals surface area contributed by atoms with E-state index in [1.54, 1.807) is 12.1 Å². The molecule has 0 radical (unpaired) electrons. The molecule has 202 valence electrons. The van der Waals surface area contributed by atoms with Gasteiger partial charge in [0, 0.05) is 29.5 Å².